The largest absolute Gasteiger partial charge is 0.269 e. The minimum Gasteiger partial charge on any atom is -0.259 e. The average Bonchev–Trinajstić information content (AvgIpc) is 2.78. The molecule has 5 nitrogen and oxygen atoms in total. The lowest BCUT2D eigenvalue weighted by Gasteiger charge is -2.09. The van der Waals surface area contributed by atoms with E-state index in [0.29, 0.717) is 6.42 Å². The molecule has 1 aliphatic heterocycles. The highest BCUT2D eigenvalue weighted by Gasteiger charge is 2.18. The first-order valence-corrected chi connectivity index (χ1v) is 7.58. The fraction of sp³-hybridized carbons (Fsp3) is 0.0526. The van der Waals surface area contributed by atoms with Gasteiger partial charge in [0.1, 0.15) is 0 Å². The van der Waals surface area contributed by atoms with Crippen molar-refractivity contribution in [3.8, 4) is 0 Å². The van der Waals surface area contributed by atoms with Crippen molar-refractivity contribution < 1.29 is 4.92 Å². The first-order valence-electron chi connectivity index (χ1n) is 7.58. The van der Waals surface area contributed by atoms with E-state index in [-0.39, 0.29) is 5.69 Å². The van der Waals surface area contributed by atoms with Gasteiger partial charge in [-0.25, -0.2) is 4.99 Å². The predicted octanol–water partition coefficient (Wildman–Crippen LogP) is 4.06. The van der Waals surface area contributed by atoms with Crippen LogP contribution in [0.5, 0.6) is 0 Å². The van der Waals surface area contributed by atoms with Crippen LogP contribution in [-0.2, 0) is 6.42 Å². The van der Waals surface area contributed by atoms with E-state index < -0.39 is 4.92 Å². The van der Waals surface area contributed by atoms with E-state index >= 15 is 0 Å². The first kappa shape index (κ1) is 14.3. The van der Waals surface area contributed by atoms with Gasteiger partial charge in [-0.1, -0.05) is 24.3 Å². The van der Waals surface area contributed by atoms with E-state index in [1.54, 1.807) is 18.3 Å². The third-order valence-electron chi connectivity index (χ3n) is 4.08. The van der Waals surface area contributed by atoms with Crippen LogP contribution < -0.4 is 0 Å². The second-order valence-electron chi connectivity index (χ2n) is 5.57. The van der Waals surface area contributed by atoms with Gasteiger partial charge in [-0.3, -0.25) is 15.1 Å². The Bertz CT molecular complexity index is 962. The quantitative estimate of drug-likeness (QED) is 0.414. The molecule has 1 aromatic heterocycles. The van der Waals surface area contributed by atoms with Gasteiger partial charge in [0.15, 0.2) is 0 Å². The minimum atomic E-state index is -0.397. The van der Waals surface area contributed by atoms with E-state index in [2.05, 4.69) is 11.1 Å². The summed E-state index contributed by atoms with van der Waals surface area (Å²) in [7, 11) is 0. The van der Waals surface area contributed by atoms with Gasteiger partial charge in [0, 0.05) is 35.9 Å². The summed E-state index contributed by atoms with van der Waals surface area (Å²) in [5.41, 5.74) is 5.68. The molecule has 24 heavy (non-hydrogen) atoms. The molecule has 0 saturated carbocycles. The van der Waals surface area contributed by atoms with Crippen LogP contribution in [0.2, 0.25) is 0 Å². The van der Waals surface area contributed by atoms with Gasteiger partial charge in [0.2, 0.25) is 0 Å². The van der Waals surface area contributed by atoms with Gasteiger partial charge < -0.3 is 0 Å². The van der Waals surface area contributed by atoms with Crippen LogP contribution >= 0.6 is 0 Å². The van der Waals surface area contributed by atoms with Crippen LogP contribution in [0.1, 0.15) is 22.4 Å². The monoisotopic (exact) mass is 315 g/mol. The lowest BCUT2D eigenvalue weighted by molar-refractivity contribution is -0.384. The summed E-state index contributed by atoms with van der Waals surface area (Å²) in [5.74, 6) is 0. The molecule has 4 rings (SSSR count). The summed E-state index contributed by atoms with van der Waals surface area (Å²) in [6.07, 6.45) is 2.49. The molecular weight excluding hydrogens is 302 g/mol. The fourth-order valence-corrected chi connectivity index (χ4v) is 2.90. The van der Waals surface area contributed by atoms with Gasteiger partial charge in [-0.2, -0.15) is 0 Å². The lowest BCUT2D eigenvalue weighted by atomic mass is 9.96. The van der Waals surface area contributed by atoms with Crippen LogP contribution in [0.15, 0.2) is 71.9 Å². The minimum absolute atomic E-state index is 0.0725. The highest BCUT2D eigenvalue weighted by Crippen LogP contribution is 2.29. The molecule has 0 N–H and O–H groups in total. The number of aliphatic imine (C=N–C) groups is 1. The molecule has 116 valence electrons. The molecule has 2 aromatic carbocycles. The zero-order valence-electron chi connectivity index (χ0n) is 12.7. The van der Waals surface area contributed by atoms with Crippen molar-refractivity contribution in [2.75, 3.05) is 0 Å². The highest BCUT2D eigenvalue weighted by molar-refractivity contribution is 6.15. The van der Waals surface area contributed by atoms with Gasteiger partial charge in [-0.05, 0) is 29.8 Å². The van der Waals surface area contributed by atoms with E-state index in [1.807, 2.05) is 30.3 Å². The third-order valence-corrected chi connectivity index (χ3v) is 4.08. The summed E-state index contributed by atoms with van der Waals surface area (Å²) < 4.78 is 0. The molecule has 3 aromatic rings. The molecule has 0 spiro atoms. The number of hydrogen-bond donors (Lipinski definition) is 0. The lowest BCUT2D eigenvalue weighted by Crippen LogP contribution is -2.05. The number of nitro groups is 1. The molecule has 0 aliphatic carbocycles. The van der Waals surface area contributed by atoms with E-state index in [0.717, 1.165) is 33.8 Å². The van der Waals surface area contributed by atoms with E-state index in [1.165, 1.54) is 12.1 Å². The molecule has 2 heterocycles. The molecule has 0 saturated heterocycles. The summed E-state index contributed by atoms with van der Waals surface area (Å²) in [5, 5.41) is 10.9. The van der Waals surface area contributed by atoms with E-state index in [9.17, 15) is 10.1 Å². The Kier molecular flexibility index (Phi) is 3.39. The Morgan fingerprint density at radius 2 is 1.75 bits per heavy atom. The molecule has 0 amide bonds. The Balaban J connectivity index is 1.91. The molecule has 0 radical (unpaired) electrons. The predicted molar refractivity (Wildman–Crippen MR) is 91.9 cm³/mol. The van der Waals surface area contributed by atoms with Crippen LogP contribution in [0.25, 0.3) is 0 Å². The third kappa shape index (κ3) is 2.46. The first-order chi connectivity index (χ1) is 11.7. The number of fused-ring (bicyclic) bond motifs is 2. The molecule has 5 heteroatoms. The zero-order valence-corrected chi connectivity index (χ0v) is 12.7. The van der Waals surface area contributed by atoms with Gasteiger partial charge in [-0.15, -0.1) is 0 Å². The number of nitrogens with zero attached hydrogens (tertiary/aromatic N) is 3. The van der Waals surface area contributed by atoms with Crippen LogP contribution in [0.3, 0.4) is 0 Å². The fourth-order valence-electron chi connectivity index (χ4n) is 2.90. The van der Waals surface area contributed by atoms with Crippen molar-refractivity contribution in [3.05, 3.63) is 99.4 Å². The van der Waals surface area contributed by atoms with Crippen molar-refractivity contribution in [1.29, 1.82) is 0 Å². The van der Waals surface area contributed by atoms with Crippen molar-refractivity contribution in [2.45, 2.75) is 6.42 Å². The van der Waals surface area contributed by atoms with Crippen LogP contribution in [0.4, 0.5) is 11.4 Å². The summed E-state index contributed by atoms with van der Waals surface area (Å²) in [6, 6.07) is 18.4. The second kappa shape index (κ2) is 5.70. The zero-order chi connectivity index (χ0) is 16.5. The van der Waals surface area contributed by atoms with Crippen molar-refractivity contribution in [1.82, 2.24) is 4.98 Å². The normalized spacial score (nSPS) is 12.6. The van der Waals surface area contributed by atoms with Crippen molar-refractivity contribution in [2.24, 2.45) is 4.99 Å². The molecule has 0 unspecified atom stereocenters. The number of hydrogen-bond acceptors (Lipinski definition) is 4. The second-order valence-corrected chi connectivity index (χ2v) is 5.57. The SMILES string of the molecule is O=[N+]([O-])c1ccc(C2=Nc3cccnc3Cc3ccccc32)cc1. The summed E-state index contributed by atoms with van der Waals surface area (Å²) in [4.78, 5) is 19.7. The number of nitro benzene ring substituents is 1. The smallest absolute Gasteiger partial charge is 0.259 e. The number of rotatable bonds is 2. The number of non-ortho nitro benzene ring substituents is 1. The van der Waals surface area contributed by atoms with Crippen LogP contribution in [0, 0.1) is 10.1 Å². The maximum Gasteiger partial charge on any atom is 0.269 e. The maximum absolute atomic E-state index is 10.9. The Hall–Kier alpha value is -3.34. The number of aromatic nitrogens is 1. The Labute approximate surface area is 138 Å². The molecule has 1 aliphatic rings. The summed E-state index contributed by atoms with van der Waals surface area (Å²) in [6.45, 7) is 0. The van der Waals surface area contributed by atoms with Gasteiger partial charge in [0.25, 0.3) is 5.69 Å². The molecule has 0 atom stereocenters. The molecule has 0 fully saturated rings. The Morgan fingerprint density at radius 1 is 0.958 bits per heavy atom. The average molecular weight is 315 g/mol. The molecule has 0 bridgehead atoms. The van der Waals surface area contributed by atoms with Gasteiger partial charge in [0.05, 0.1) is 22.0 Å². The summed E-state index contributed by atoms with van der Waals surface area (Å²) >= 11 is 0. The van der Waals surface area contributed by atoms with E-state index in [4.69, 9.17) is 4.99 Å². The number of benzene rings is 2. The standard InChI is InChI=1S/C19H13N3O2/c23-22(24)15-9-7-13(8-10-15)19-16-5-2-1-4-14(16)12-18-17(21-19)6-3-11-20-18/h1-11H,12H2. The topological polar surface area (TPSA) is 68.4 Å². The highest BCUT2D eigenvalue weighted by atomic mass is 16.6. The maximum atomic E-state index is 10.9. The molecular formula is C19H13N3O2. The van der Waals surface area contributed by atoms with Crippen molar-refractivity contribution >= 4 is 17.1 Å². The number of pyridine rings is 1. The Morgan fingerprint density at radius 3 is 2.54 bits per heavy atom. The van der Waals surface area contributed by atoms with Crippen molar-refractivity contribution in [3.63, 3.8) is 0 Å². The van der Waals surface area contributed by atoms with Crippen LogP contribution in [-0.4, -0.2) is 15.6 Å². The van der Waals surface area contributed by atoms with Gasteiger partial charge >= 0.3 is 0 Å².